The van der Waals surface area contributed by atoms with Crippen LogP contribution in [-0.4, -0.2) is 56.7 Å². The Morgan fingerprint density at radius 1 is 1.00 bits per heavy atom. The van der Waals surface area contributed by atoms with Gasteiger partial charge in [-0.25, -0.2) is 19.0 Å². The van der Waals surface area contributed by atoms with Crippen LogP contribution in [-0.2, 0) is 4.79 Å². The summed E-state index contributed by atoms with van der Waals surface area (Å²) in [5.41, 5.74) is 2.37. The van der Waals surface area contributed by atoms with Gasteiger partial charge in [0, 0.05) is 38.5 Å². The van der Waals surface area contributed by atoms with Crippen molar-refractivity contribution in [3.05, 3.63) is 41.6 Å². The smallest absolute Gasteiger partial charge is 0.222 e. The van der Waals surface area contributed by atoms with Gasteiger partial charge in [-0.1, -0.05) is 46.5 Å². The Morgan fingerprint density at radius 2 is 1.78 bits per heavy atom. The number of halogens is 1. The van der Waals surface area contributed by atoms with Gasteiger partial charge in [0.05, 0.1) is 16.8 Å². The second-order valence-electron chi connectivity index (χ2n) is 10.3. The molecule has 8 heteroatoms. The van der Waals surface area contributed by atoms with Gasteiger partial charge in [0.1, 0.15) is 17.5 Å². The molecule has 37 heavy (non-hydrogen) atoms. The number of nitrogens with zero attached hydrogens (tertiary/aromatic N) is 6. The molecule has 0 bridgehead atoms. The summed E-state index contributed by atoms with van der Waals surface area (Å²) in [7, 11) is 0. The predicted molar refractivity (Wildman–Crippen MR) is 147 cm³/mol. The lowest BCUT2D eigenvalue weighted by Gasteiger charge is -2.24. The second kappa shape index (κ2) is 12.5. The molecule has 1 aromatic carbocycles. The maximum absolute atomic E-state index is 13.6. The van der Waals surface area contributed by atoms with E-state index in [4.69, 9.17) is 15.1 Å². The van der Waals surface area contributed by atoms with Crippen molar-refractivity contribution >= 4 is 22.8 Å². The van der Waals surface area contributed by atoms with Crippen LogP contribution >= 0.6 is 0 Å². The number of carbonyl (C=O) groups excluding carboxylic acids is 1. The molecule has 4 rings (SSSR count). The Bertz CT molecular complexity index is 1190. The molecule has 1 fully saturated rings. The van der Waals surface area contributed by atoms with Crippen LogP contribution in [0.1, 0.15) is 89.6 Å². The number of unbranched alkanes of at least 4 members (excludes halogenated alkanes) is 3. The molecule has 0 spiro atoms. The largest absolute Gasteiger partial charge is 0.354 e. The van der Waals surface area contributed by atoms with E-state index in [-0.39, 0.29) is 17.6 Å². The monoisotopic (exact) mass is 508 g/mol. The van der Waals surface area contributed by atoms with E-state index in [1.165, 1.54) is 25.0 Å². The van der Waals surface area contributed by atoms with Crippen LogP contribution in [0.2, 0.25) is 0 Å². The second-order valence-corrected chi connectivity index (χ2v) is 10.3. The Balaban J connectivity index is 1.66. The molecule has 0 radical (unpaired) electrons. The first-order chi connectivity index (χ1) is 17.9. The molecule has 1 aliphatic rings. The molecule has 1 unspecified atom stereocenters. The minimum atomic E-state index is -0.279. The minimum Gasteiger partial charge on any atom is -0.354 e. The first-order valence-electron chi connectivity index (χ1n) is 14.0. The molecule has 3 heterocycles. The lowest BCUT2D eigenvalue weighted by atomic mass is 10.1. The number of aryl methyl sites for hydroxylation is 1. The van der Waals surface area contributed by atoms with Gasteiger partial charge >= 0.3 is 0 Å². The van der Waals surface area contributed by atoms with Crippen molar-refractivity contribution in [2.75, 3.05) is 31.1 Å². The van der Waals surface area contributed by atoms with E-state index < -0.39 is 0 Å². The van der Waals surface area contributed by atoms with Crippen molar-refractivity contribution in [3.8, 4) is 5.69 Å². The van der Waals surface area contributed by atoms with Gasteiger partial charge in [0.15, 0.2) is 5.65 Å². The van der Waals surface area contributed by atoms with Crippen LogP contribution in [0.25, 0.3) is 16.7 Å². The highest BCUT2D eigenvalue weighted by Gasteiger charge is 2.26. The van der Waals surface area contributed by atoms with Crippen molar-refractivity contribution < 1.29 is 9.18 Å². The van der Waals surface area contributed by atoms with Gasteiger partial charge in [0.2, 0.25) is 5.91 Å². The number of benzene rings is 1. The topological polar surface area (TPSA) is 67.2 Å². The lowest BCUT2D eigenvalue weighted by molar-refractivity contribution is -0.131. The molecule has 1 amide bonds. The third kappa shape index (κ3) is 6.28. The zero-order chi connectivity index (χ0) is 26.4. The van der Waals surface area contributed by atoms with E-state index >= 15 is 0 Å². The van der Waals surface area contributed by atoms with Gasteiger partial charge in [-0.15, -0.1) is 0 Å². The number of aromatic nitrogens is 4. The zero-order valence-electron chi connectivity index (χ0n) is 22.8. The number of anilines is 1. The molecule has 2 aromatic heterocycles. The Morgan fingerprint density at radius 3 is 2.51 bits per heavy atom. The number of amides is 1. The van der Waals surface area contributed by atoms with Gasteiger partial charge < -0.3 is 9.80 Å². The zero-order valence-corrected chi connectivity index (χ0v) is 22.8. The van der Waals surface area contributed by atoms with E-state index in [1.54, 1.807) is 16.8 Å². The molecule has 200 valence electrons. The average Bonchev–Trinajstić information content (AvgIpc) is 3.06. The van der Waals surface area contributed by atoms with Crippen molar-refractivity contribution in [3.63, 3.8) is 0 Å². The summed E-state index contributed by atoms with van der Waals surface area (Å²) in [6.45, 7) is 11.5. The van der Waals surface area contributed by atoms with Crippen LogP contribution in [0.3, 0.4) is 0 Å². The third-order valence-corrected chi connectivity index (χ3v) is 7.33. The summed E-state index contributed by atoms with van der Waals surface area (Å²) in [6, 6.07) is 6.36. The van der Waals surface area contributed by atoms with Gasteiger partial charge in [-0.2, -0.15) is 5.10 Å². The van der Waals surface area contributed by atoms with E-state index in [2.05, 4.69) is 25.7 Å². The maximum atomic E-state index is 13.6. The van der Waals surface area contributed by atoms with Crippen LogP contribution in [0.15, 0.2) is 24.3 Å². The summed E-state index contributed by atoms with van der Waals surface area (Å²) in [6.07, 6.45) is 8.04. The summed E-state index contributed by atoms with van der Waals surface area (Å²) < 4.78 is 15.4. The number of fused-ring (bicyclic) bond motifs is 1. The number of hydrogen-bond acceptors (Lipinski definition) is 5. The number of hydrogen-bond donors (Lipinski definition) is 0. The fraction of sp³-hybridized carbons (Fsp3) is 0.586. The highest BCUT2D eigenvalue weighted by molar-refractivity contribution is 5.91. The molecule has 0 saturated carbocycles. The molecule has 1 saturated heterocycles. The van der Waals surface area contributed by atoms with Crippen LogP contribution in [0.5, 0.6) is 0 Å². The Kier molecular flexibility index (Phi) is 9.11. The molecule has 1 atom stereocenters. The normalized spacial score (nSPS) is 15.3. The maximum Gasteiger partial charge on any atom is 0.222 e. The molecule has 1 aliphatic heterocycles. The van der Waals surface area contributed by atoms with Gasteiger partial charge in [-0.05, 0) is 50.5 Å². The van der Waals surface area contributed by atoms with E-state index in [0.717, 1.165) is 85.8 Å². The SMILES string of the molecule is CCCCCCC(=O)N1CCCN(c2nc(C(C)CCC)nc3c2c(C)nn3-c2ccc(F)cc2)CC1. The first-order valence-corrected chi connectivity index (χ1v) is 14.0. The van der Waals surface area contributed by atoms with Crippen LogP contribution in [0.4, 0.5) is 10.2 Å². The predicted octanol–water partition coefficient (Wildman–Crippen LogP) is 6.18. The highest BCUT2D eigenvalue weighted by atomic mass is 19.1. The number of rotatable bonds is 10. The summed E-state index contributed by atoms with van der Waals surface area (Å²) in [4.78, 5) is 27.3. The Labute approximate surface area is 220 Å². The highest BCUT2D eigenvalue weighted by Crippen LogP contribution is 2.32. The quantitative estimate of drug-likeness (QED) is 0.306. The third-order valence-electron chi connectivity index (χ3n) is 7.33. The molecule has 3 aromatic rings. The number of carbonyl (C=O) groups is 1. The Hall–Kier alpha value is -3.03. The summed E-state index contributed by atoms with van der Waals surface area (Å²) in [5.74, 6) is 1.90. The lowest BCUT2D eigenvalue weighted by Crippen LogP contribution is -2.35. The van der Waals surface area contributed by atoms with Crippen molar-refractivity contribution in [1.82, 2.24) is 24.6 Å². The molecular formula is C29H41FN6O. The van der Waals surface area contributed by atoms with Crippen molar-refractivity contribution in [2.24, 2.45) is 0 Å². The average molecular weight is 509 g/mol. The molecular weight excluding hydrogens is 467 g/mol. The molecule has 7 nitrogen and oxygen atoms in total. The van der Waals surface area contributed by atoms with Gasteiger partial charge in [0.25, 0.3) is 0 Å². The minimum absolute atomic E-state index is 0.207. The van der Waals surface area contributed by atoms with E-state index in [1.807, 2.05) is 11.8 Å². The molecule has 0 aliphatic carbocycles. The standard InChI is InChI=1S/C29H41FN6O/c1-5-7-8-9-12-25(37)34-17-10-18-35(20-19-34)28-26-22(4)33-36(24-15-13-23(30)14-16-24)29(26)32-27(31-28)21(3)11-6-2/h13-16,21H,5-12,17-20H2,1-4H3. The van der Waals surface area contributed by atoms with Crippen molar-refractivity contribution in [1.29, 1.82) is 0 Å². The first kappa shape index (κ1) is 27.0. The van der Waals surface area contributed by atoms with Crippen LogP contribution < -0.4 is 4.90 Å². The molecule has 0 N–H and O–H groups in total. The van der Waals surface area contributed by atoms with E-state index in [9.17, 15) is 9.18 Å². The van der Waals surface area contributed by atoms with Gasteiger partial charge in [-0.3, -0.25) is 4.79 Å². The van der Waals surface area contributed by atoms with Crippen molar-refractivity contribution in [2.45, 2.75) is 85.0 Å². The summed E-state index contributed by atoms with van der Waals surface area (Å²) >= 11 is 0. The van der Waals surface area contributed by atoms with Crippen LogP contribution in [0, 0.1) is 12.7 Å². The summed E-state index contributed by atoms with van der Waals surface area (Å²) in [5, 5.41) is 5.73. The fourth-order valence-electron chi connectivity index (χ4n) is 5.19. The fourth-order valence-corrected chi connectivity index (χ4v) is 5.19. The van der Waals surface area contributed by atoms with E-state index in [0.29, 0.717) is 13.0 Å².